The van der Waals surface area contributed by atoms with Crippen molar-refractivity contribution in [3.05, 3.63) is 76.1 Å². The topological polar surface area (TPSA) is 116 Å². The Kier molecular flexibility index (Phi) is 4.06. The molecule has 1 aromatic heterocycles. The number of fused-ring (bicyclic) bond motifs is 1. The maximum absolute atomic E-state index is 13.3. The molecule has 30 heavy (non-hydrogen) atoms. The summed E-state index contributed by atoms with van der Waals surface area (Å²) in [6, 6.07) is 11.5. The van der Waals surface area contributed by atoms with Gasteiger partial charge in [-0.3, -0.25) is 4.79 Å². The monoisotopic (exact) mass is 404 g/mol. The molecule has 2 heterocycles. The van der Waals surface area contributed by atoms with Crippen molar-refractivity contribution < 1.29 is 24.6 Å². The molecule has 152 valence electrons. The summed E-state index contributed by atoms with van der Waals surface area (Å²) in [7, 11) is 0. The molecule has 0 amide bonds. The Morgan fingerprint density at radius 1 is 1.00 bits per heavy atom. The molecule has 4 N–H and O–H groups in total. The smallest absolute Gasteiger partial charge is 0.233 e. The number of benzene rings is 2. The number of carbonyl (C=O) groups is 1. The van der Waals surface area contributed by atoms with Gasteiger partial charge in [0.1, 0.15) is 5.75 Å². The third-order valence-electron chi connectivity index (χ3n) is 5.96. The molecule has 0 unspecified atom stereocenters. The number of aromatic nitrogens is 1. The first-order chi connectivity index (χ1) is 14.4. The first kappa shape index (κ1) is 18.3. The molecule has 1 aliphatic heterocycles. The van der Waals surface area contributed by atoms with E-state index in [1.54, 1.807) is 18.2 Å². The van der Waals surface area contributed by atoms with Gasteiger partial charge in [0, 0.05) is 23.6 Å². The van der Waals surface area contributed by atoms with Crippen molar-refractivity contribution in [1.82, 2.24) is 5.16 Å². The van der Waals surface area contributed by atoms with Crippen LogP contribution in [0.2, 0.25) is 0 Å². The SMILES string of the molecule is Cc1noc2c1[C@H](c1ccc(O)c(O)c1)C1=C(C[C@H](c3ccc(O)cc3)CC1=O)N2. The summed E-state index contributed by atoms with van der Waals surface area (Å²) < 4.78 is 5.48. The number of ketones is 1. The summed E-state index contributed by atoms with van der Waals surface area (Å²) in [5.41, 5.74) is 4.49. The Hall–Kier alpha value is -3.74. The first-order valence-corrected chi connectivity index (χ1v) is 9.72. The number of nitrogens with one attached hydrogen (secondary N) is 1. The van der Waals surface area contributed by atoms with Gasteiger partial charge in [-0.1, -0.05) is 23.4 Å². The van der Waals surface area contributed by atoms with Gasteiger partial charge in [0.05, 0.1) is 11.3 Å². The van der Waals surface area contributed by atoms with E-state index < -0.39 is 5.92 Å². The lowest BCUT2D eigenvalue weighted by Gasteiger charge is -2.34. The molecule has 0 bridgehead atoms. The predicted octanol–water partition coefficient (Wildman–Crippen LogP) is 4.06. The Balaban J connectivity index is 1.62. The summed E-state index contributed by atoms with van der Waals surface area (Å²) in [4.78, 5) is 13.3. The highest BCUT2D eigenvalue weighted by Crippen LogP contribution is 2.49. The fraction of sp³-hybridized carbons (Fsp3) is 0.217. The van der Waals surface area contributed by atoms with Crippen LogP contribution in [0.4, 0.5) is 5.88 Å². The number of aromatic hydroxyl groups is 3. The lowest BCUT2D eigenvalue weighted by Crippen LogP contribution is -2.29. The Morgan fingerprint density at radius 3 is 2.47 bits per heavy atom. The van der Waals surface area contributed by atoms with E-state index in [1.807, 2.05) is 19.1 Å². The fourth-order valence-electron chi connectivity index (χ4n) is 4.51. The van der Waals surface area contributed by atoms with Crippen LogP contribution < -0.4 is 5.32 Å². The van der Waals surface area contributed by atoms with Crippen molar-refractivity contribution in [2.24, 2.45) is 0 Å². The normalized spacial score (nSPS) is 20.5. The lowest BCUT2D eigenvalue weighted by molar-refractivity contribution is -0.116. The molecule has 1 aliphatic carbocycles. The zero-order valence-corrected chi connectivity index (χ0v) is 16.2. The van der Waals surface area contributed by atoms with Crippen molar-refractivity contribution >= 4 is 11.7 Å². The van der Waals surface area contributed by atoms with Crippen LogP contribution in [0.15, 0.2) is 58.3 Å². The van der Waals surface area contributed by atoms with E-state index in [0.29, 0.717) is 35.6 Å². The Labute approximate surface area is 172 Å². The minimum absolute atomic E-state index is 0.00522. The second-order valence-electron chi connectivity index (χ2n) is 7.83. The van der Waals surface area contributed by atoms with Crippen LogP contribution in [0.25, 0.3) is 0 Å². The number of rotatable bonds is 2. The van der Waals surface area contributed by atoms with E-state index in [9.17, 15) is 20.1 Å². The number of phenols is 3. The van der Waals surface area contributed by atoms with Crippen molar-refractivity contribution in [2.75, 3.05) is 5.32 Å². The second-order valence-corrected chi connectivity index (χ2v) is 7.83. The average Bonchev–Trinajstić information content (AvgIpc) is 3.09. The molecule has 0 fully saturated rings. The highest BCUT2D eigenvalue weighted by atomic mass is 16.5. The number of aryl methyl sites for hydroxylation is 1. The van der Waals surface area contributed by atoms with Gasteiger partial charge in [0.25, 0.3) is 0 Å². The van der Waals surface area contributed by atoms with Crippen LogP contribution in [0.5, 0.6) is 17.2 Å². The number of phenolic OH excluding ortho intramolecular Hbond substituents is 3. The number of anilines is 1. The molecule has 2 atom stereocenters. The van der Waals surface area contributed by atoms with E-state index in [1.165, 1.54) is 12.1 Å². The van der Waals surface area contributed by atoms with Crippen molar-refractivity contribution in [3.63, 3.8) is 0 Å². The third kappa shape index (κ3) is 2.82. The molecule has 7 heteroatoms. The molecule has 0 spiro atoms. The van der Waals surface area contributed by atoms with Gasteiger partial charge in [-0.15, -0.1) is 0 Å². The lowest BCUT2D eigenvalue weighted by atomic mass is 9.72. The number of Topliss-reactive ketones (excluding diaryl/α,β-unsaturated/α-hetero) is 1. The van der Waals surface area contributed by atoms with Gasteiger partial charge >= 0.3 is 0 Å². The maximum atomic E-state index is 13.3. The highest BCUT2D eigenvalue weighted by Gasteiger charge is 2.41. The molecule has 3 aromatic rings. The summed E-state index contributed by atoms with van der Waals surface area (Å²) in [5.74, 6) is -0.245. The molecule has 7 nitrogen and oxygen atoms in total. The van der Waals surface area contributed by atoms with Crippen LogP contribution in [-0.4, -0.2) is 26.3 Å². The van der Waals surface area contributed by atoms with Gasteiger partial charge in [-0.05, 0) is 54.7 Å². The molecule has 2 aromatic carbocycles. The Bertz CT molecular complexity index is 1190. The minimum atomic E-state index is -0.442. The van der Waals surface area contributed by atoms with E-state index in [4.69, 9.17) is 4.52 Å². The molecule has 0 saturated carbocycles. The predicted molar refractivity (Wildman–Crippen MR) is 109 cm³/mol. The van der Waals surface area contributed by atoms with Crippen LogP contribution in [0.1, 0.15) is 47.1 Å². The molecule has 2 aliphatic rings. The van der Waals surface area contributed by atoms with Gasteiger partial charge in [0.2, 0.25) is 5.88 Å². The van der Waals surface area contributed by atoms with Crippen LogP contribution in [0, 0.1) is 6.92 Å². The number of nitrogens with zero attached hydrogens (tertiary/aromatic N) is 1. The van der Waals surface area contributed by atoms with Crippen molar-refractivity contribution in [3.8, 4) is 17.2 Å². The molecule has 0 radical (unpaired) electrons. The van der Waals surface area contributed by atoms with E-state index >= 15 is 0 Å². The van der Waals surface area contributed by atoms with Crippen molar-refractivity contribution in [1.29, 1.82) is 0 Å². The van der Waals surface area contributed by atoms with E-state index in [0.717, 1.165) is 16.8 Å². The first-order valence-electron chi connectivity index (χ1n) is 9.72. The number of carbonyl (C=O) groups excluding carboxylic acids is 1. The third-order valence-corrected chi connectivity index (χ3v) is 5.96. The molecule has 0 saturated heterocycles. The summed E-state index contributed by atoms with van der Waals surface area (Å²) in [5, 5.41) is 36.7. The zero-order chi connectivity index (χ0) is 21.0. The highest BCUT2D eigenvalue weighted by molar-refractivity contribution is 6.01. The average molecular weight is 404 g/mol. The van der Waals surface area contributed by atoms with Crippen LogP contribution in [-0.2, 0) is 4.79 Å². The molecular formula is C23H20N2O5. The number of hydrogen-bond donors (Lipinski definition) is 4. The Morgan fingerprint density at radius 2 is 1.73 bits per heavy atom. The molecular weight excluding hydrogens is 384 g/mol. The summed E-state index contributed by atoms with van der Waals surface area (Å²) in [6.45, 7) is 1.81. The second kappa shape index (κ2) is 6.66. The fourth-order valence-corrected chi connectivity index (χ4v) is 4.51. The zero-order valence-electron chi connectivity index (χ0n) is 16.2. The van der Waals surface area contributed by atoms with Gasteiger partial charge < -0.3 is 25.2 Å². The number of hydrogen-bond acceptors (Lipinski definition) is 7. The summed E-state index contributed by atoms with van der Waals surface area (Å²) in [6.07, 6.45) is 0.942. The van der Waals surface area contributed by atoms with Crippen LogP contribution in [0.3, 0.4) is 0 Å². The molecule has 5 rings (SSSR count). The van der Waals surface area contributed by atoms with E-state index in [-0.39, 0.29) is 28.9 Å². The van der Waals surface area contributed by atoms with Crippen molar-refractivity contribution in [2.45, 2.75) is 31.6 Å². The van der Waals surface area contributed by atoms with E-state index in [2.05, 4.69) is 10.5 Å². The maximum Gasteiger partial charge on any atom is 0.233 e. The minimum Gasteiger partial charge on any atom is -0.508 e. The standard InChI is InChI=1S/C23H20N2O5/c1-11-20-21(13-4-7-17(27)18(28)9-13)22-16(24-23(20)30-25-11)8-14(10-19(22)29)12-2-5-15(26)6-3-12/h2-7,9,14,21,24,26-28H,8,10H2,1H3/t14-,21-/m0/s1. The van der Waals surface area contributed by atoms with Gasteiger partial charge in [-0.2, -0.15) is 0 Å². The number of allylic oxidation sites excluding steroid dienone is 2. The van der Waals surface area contributed by atoms with Crippen LogP contribution >= 0.6 is 0 Å². The van der Waals surface area contributed by atoms with Gasteiger partial charge in [-0.25, -0.2) is 0 Å². The summed E-state index contributed by atoms with van der Waals surface area (Å²) >= 11 is 0. The van der Waals surface area contributed by atoms with Gasteiger partial charge in [0.15, 0.2) is 17.3 Å². The quantitative estimate of drug-likeness (QED) is 0.476. The largest absolute Gasteiger partial charge is 0.508 e.